The van der Waals surface area contributed by atoms with E-state index < -0.39 is 0 Å². The summed E-state index contributed by atoms with van der Waals surface area (Å²) in [5.41, 5.74) is 1.34. The zero-order valence-corrected chi connectivity index (χ0v) is 19.1. The van der Waals surface area contributed by atoms with E-state index in [1.807, 2.05) is 0 Å². The lowest BCUT2D eigenvalue weighted by atomic mass is 10.1. The maximum atomic E-state index is 4.32. The van der Waals surface area contributed by atoms with Crippen LogP contribution in [-0.4, -0.2) is 65.9 Å². The average molecular weight is 485 g/mol. The van der Waals surface area contributed by atoms with Crippen molar-refractivity contribution in [2.24, 2.45) is 4.99 Å². The van der Waals surface area contributed by atoms with Crippen molar-refractivity contribution in [2.45, 2.75) is 32.4 Å². The maximum Gasteiger partial charge on any atom is 0.191 e. The van der Waals surface area contributed by atoms with Crippen LogP contribution in [0.5, 0.6) is 0 Å². The van der Waals surface area contributed by atoms with E-state index in [2.05, 4.69) is 86.6 Å². The Morgan fingerprint density at radius 3 is 2.59 bits per heavy atom. The maximum absolute atomic E-state index is 4.32. The minimum Gasteiger partial charge on any atom is -0.355 e. The van der Waals surface area contributed by atoms with Gasteiger partial charge in [0, 0.05) is 39.1 Å². The summed E-state index contributed by atoms with van der Waals surface area (Å²) in [5.74, 6) is 1.82. The van der Waals surface area contributed by atoms with Crippen LogP contribution in [0, 0.1) is 0 Å². The van der Waals surface area contributed by atoms with Crippen molar-refractivity contribution >= 4 is 29.9 Å². The number of likely N-dealkylation sites (N-methyl/N-ethyl adjacent to an activating group) is 1. The molecule has 0 radical (unpaired) electrons. The number of nitrogens with one attached hydrogen (secondary N) is 2. The van der Waals surface area contributed by atoms with Gasteiger partial charge in [-0.3, -0.25) is 4.99 Å². The minimum absolute atomic E-state index is 0. The van der Waals surface area contributed by atoms with Crippen molar-refractivity contribution in [3.05, 3.63) is 48.0 Å². The molecule has 1 unspecified atom stereocenters. The van der Waals surface area contributed by atoms with Crippen molar-refractivity contribution in [3.8, 4) is 0 Å². The Hall–Kier alpha value is -1.68. The summed E-state index contributed by atoms with van der Waals surface area (Å²) in [4.78, 5) is 6.57. The largest absolute Gasteiger partial charge is 0.355 e. The summed E-state index contributed by atoms with van der Waals surface area (Å²) in [6.07, 6.45) is 3.66. The molecule has 0 aliphatic rings. The first kappa shape index (κ1) is 23.4. The molecule has 2 aromatic rings. The van der Waals surface area contributed by atoms with E-state index in [-0.39, 0.29) is 24.0 Å². The van der Waals surface area contributed by atoms with Gasteiger partial charge >= 0.3 is 0 Å². The lowest BCUT2D eigenvalue weighted by Gasteiger charge is -2.25. The Morgan fingerprint density at radius 1 is 1.22 bits per heavy atom. The molecule has 0 amide bonds. The summed E-state index contributed by atoms with van der Waals surface area (Å²) >= 11 is 0. The van der Waals surface area contributed by atoms with Crippen molar-refractivity contribution in [1.29, 1.82) is 0 Å². The molecule has 0 saturated carbocycles. The summed E-state index contributed by atoms with van der Waals surface area (Å²) in [6.45, 7) is 4.50. The van der Waals surface area contributed by atoms with Gasteiger partial charge in [-0.2, -0.15) is 0 Å². The van der Waals surface area contributed by atoms with Crippen LogP contribution in [0.2, 0.25) is 0 Å². The van der Waals surface area contributed by atoms with E-state index in [1.54, 1.807) is 13.4 Å². The second kappa shape index (κ2) is 12.7. The number of hydrogen-bond acceptors (Lipinski definition) is 4. The molecular formula is C19H32IN7. The summed E-state index contributed by atoms with van der Waals surface area (Å²) in [5, 5.41) is 14.9. The third-order valence-corrected chi connectivity index (χ3v) is 4.43. The first-order chi connectivity index (χ1) is 12.6. The quantitative estimate of drug-likeness (QED) is 0.322. The van der Waals surface area contributed by atoms with E-state index in [0.29, 0.717) is 6.04 Å². The molecule has 150 valence electrons. The zero-order chi connectivity index (χ0) is 18.8. The smallest absolute Gasteiger partial charge is 0.191 e. The number of guanidine groups is 1. The Kier molecular flexibility index (Phi) is 11.0. The number of benzene rings is 1. The van der Waals surface area contributed by atoms with Crippen LogP contribution in [0.25, 0.3) is 0 Å². The molecule has 0 aliphatic carbocycles. The van der Waals surface area contributed by atoms with Crippen LogP contribution in [0.4, 0.5) is 0 Å². The average Bonchev–Trinajstić information content (AvgIpc) is 3.11. The van der Waals surface area contributed by atoms with Gasteiger partial charge in [0.15, 0.2) is 5.96 Å². The van der Waals surface area contributed by atoms with Gasteiger partial charge in [-0.25, -0.2) is 0 Å². The lowest BCUT2D eigenvalue weighted by Crippen LogP contribution is -2.46. The molecular weight excluding hydrogens is 453 g/mol. The fraction of sp³-hybridized carbons (Fsp3) is 0.526. The Labute approximate surface area is 179 Å². The number of aromatic nitrogens is 3. The van der Waals surface area contributed by atoms with Crippen molar-refractivity contribution < 1.29 is 0 Å². The van der Waals surface area contributed by atoms with Gasteiger partial charge in [0.05, 0.1) is 0 Å². The van der Waals surface area contributed by atoms with E-state index in [0.717, 1.165) is 44.3 Å². The second-order valence-electron chi connectivity index (χ2n) is 6.48. The summed E-state index contributed by atoms with van der Waals surface area (Å²) in [7, 11) is 6.03. The molecule has 7 nitrogen and oxygen atoms in total. The van der Waals surface area contributed by atoms with E-state index in [9.17, 15) is 0 Å². The van der Waals surface area contributed by atoms with Gasteiger partial charge in [0.2, 0.25) is 0 Å². The topological polar surface area (TPSA) is 70.4 Å². The molecule has 8 heteroatoms. The number of nitrogens with zero attached hydrogens (tertiary/aromatic N) is 5. The van der Waals surface area contributed by atoms with Gasteiger partial charge < -0.3 is 20.1 Å². The highest BCUT2D eigenvalue weighted by Crippen LogP contribution is 2.06. The molecule has 1 heterocycles. The van der Waals surface area contributed by atoms with E-state index >= 15 is 0 Å². The number of aryl methyl sites for hydroxylation is 1. The van der Waals surface area contributed by atoms with Crippen LogP contribution in [0.15, 0.2) is 41.7 Å². The highest BCUT2D eigenvalue weighted by atomic mass is 127. The van der Waals surface area contributed by atoms with Gasteiger partial charge in [-0.1, -0.05) is 37.3 Å². The highest BCUT2D eigenvalue weighted by Gasteiger charge is 2.13. The van der Waals surface area contributed by atoms with Crippen LogP contribution in [-0.2, 0) is 19.4 Å². The standard InChI is InChI=1S/C19H31N7.HI/c1-5-18-24-23-15-26(18)12-11-21-19(20-2)22-14-17(25(3)4)13-16-9-7-6-8-10-16;/h6-10,15,17H,5,11-14H2,1-4H3,(H2,20,21,22);1H. The molecule has 1 aromatic heterocycles. The van der Waals surface area contributed by atoms with Crippen LogP contribution in [0.3, 0.4) is 0 Å². The Morgan fingerprint density at radius 2 is 1.96 bits per heavy atom. The fourth-order valence-electron chi connectivity index (χ4n) is 2.79. The van der Waals surface area contributed by atoms with E-state index in [1.165, 1.54) is 5.56 Å². The molecule has 0 fully saturated rings. The summed E-state index contributed by atoms with van der Waals surface area (Å²) in [6, 6.07) is 11.0. The van der Waals surface area contributed by atoms with Gasteiger partial charge in [0.1, 0.15) is 12.2 Å². The van der Waals surface area contributed by atoms with Gasteiger partial charge in [-0.15, -0.1) is 34.2 Å². The normalized spacial score (nSPS) is 12.6. The number of hydrogen-bond donors (Lipinski definition) is 2. The van der Waals surface area contributed by atoms with Gasteiger partial charge in [-0.05, 0) is 26.1 Å². The van der Waals surface area contributed by atoms with Crippen molar-refractivity contribution in [2.75, 3.05) is 34.2 Å². The number of rotatable bonds is 9. The molecule has 0 saturated heterocycles. The molecule has 0 bridgehead atoms. The van der Waals surface area contributed by atoms with Crippen molar-refractivity contribution in [1.82, 2.24) is 30.3 Å². The molecule has 1 atom stereocenters. The third-order valence-electron chi connectivity index (χ3n) is 4.43. The first-order valence-corrected chi connectivity index (χ1v) is 9.15. The van der Waals surface area contributed by atoms with Crippen LogP contribution < -0.4 is 10.6 Å². The highest BCUT2D eigenvalue weighted by molar-refractivity contribution is 14.0. The SMILES string of the molecule is CCc1nncn1CCNC(=NC)NCC(Cc1ccccc1)N(C)C.I. The summed E-state index contributed by atoms with van der Waals surface area (Å²) < 4.78 is 2.07. The second-order valence-corrected chi connectivity index (χ2v) is 6.48. The fourth-order valence-corrected chi connectivity index (χ4v) is 2.79. The van der Waals surface area contributed by atoms with Crippen LogP contribution in [0.1, 0.15) is 18.3 Å². The zero-order valence-electron chi connectivity index (χ0n) is 16.7. The molecule has 1 aromatic carbocycles. The number of halogens is 1. The monoisotopic (exact) mass is 485 g/mol. The van der Waals surface area contributed by atoms with Gasteiger partial charge in [0.25, 0.3) is 0 Å². The molecule has 27 heavy (non-hydrogen) atoms. The molecule has 0 aliphatic heterocycles. The first-order valence-electron chi connectivity index (χ1n) is 9.15. The van der Waals surface area contributed by atoms with Crippen LogP contribution >= 0.6 is 24.0 Å². The predicted molar refractivity (Wildman–Crippen MR) is 122 cm³/mol. The lowest BCUT2D eigenvalue weighted by molar-refractivity contribution is 0.290. The Bertz CT molecular complexity index is 670. The third kappa shape index (κ3) is 7.84. The van der Waals surface area contributed by atoms with E-state index in [4.69, 9.17) is 0 Å². The molecule has 2 N–H and O–H groups in total. The molecule has 0 spiro atoms. The predicted octanol–water partition coefficient (Wildman–Crippen LogP) is 1.80. The Balaban J connectivity index is 0.00000364. The minimum atomic E-state index is 0. The molecule has 2 rings (SSSR count). The van der Waals surface area contributed by atoms with Crippen molar-refractivity contribution in [3.63, 3.8) is 0 Å². The number of aliphatic imine (C=N–C) groups is 1.